The van der Waals surface area contributed by atoms with Crippen LogP contribution in [0.5, 0.6) is 0 Å². The summed E-state index contributed by atoms with van der Waals surface area (Å²) in [5.41, 5.74) is 3.35. The lowest BCUT2D eigenvalue weighted by Crippen LogP contribution is -2.33. The van der Waals surface area contributed by atoms with Crippen LogP contribution >= 0.6 is 11.8 Å². The van der Waals surface area contributed by atoms with Gasteiger partial charge in [0.15, 0.2) is 18.9 Å². The number of nitrogens with one attached hydrogen (secondary N) is 1. The molecule has 2 rings (SSSR count). The van der Waals surface area contributed by atoms with Crippen LogP contribution in [0.4, 0.5) is 10.5 Å². The van der Waals surface area contributed by atoms with Crippen molar-refractivity contribution in [3.8, 4) is 0 Å². The van der Waals surface area contributed by atoms with Crippen molar-refractivity contribution in [3.63, 3.8) is 0 Å². The Kier molecular flexibility index (Phi) is 6.03. The van der Waals surface area contributed by atoms with E-state index in [2.05, 4.69) is 29.6 Å². The summed E-state index contributed by atoms with van der Waals surface area (Å²) >= 11 is 0.918. The molecule has 1 heterocycles. The molecule has 1 aromatic heterocycles. The number of carboxylic acid groups (broad SMARTS) is 1. The summed E-state index contributed by atoms with van der Waals surface area (Å²) in [5, 5.41) is 10.9. The van der Waals surface area contributed by atoms with Gasteiger partial charge in [-0.05, 0) is 35.0 Å². The molecule has 0 aliphatic rings. The van der Waals surface area contributed by atoms with Gasteiger partial charge in [-0.25, -0.2) is 9.36 Å². The minimum absolute atomic E-state index is 0.562. The maximum atomic E-state index is 10.4. The predicted octanol–water partition coefficient (Wildman–Crippen LogP) is 3.60. The molecule has 0 saturated carbocycles. The van der Waals surface area contributed by atoms with Crippen molar-refractivity contribution >= 4 is 34.9 Å². The highest BCUT2D eigenvalue weighted by molar-refractivity contribution is 8.13. The largest absolute Gasteiger partial charge is 0.473 e. The zero-order valence-corrected chi connectivity index (χ0v) is 13.2. The Balaban J connectivity index is 1.92. The quantitative estimate of drug-likeness (QED) is 0.800. The molecule has 0 aliphatic carbocycles. The van der Waals surface area contributed by atoms with Crippen LogP contribution in [-0.4, -0.2) is 23.2 Å². The van der Waals surface area contributed by atoms with E-state index in [9.17, 15) is 4.79 Å². The number of pyridine rings is 1. The number of aromatic nitrogens is 1. The first-order chi connectivity index (χ1) is 10.7. The summed E-state index contributed by atoms with van der Waals surface area (Å²) in [4.78, 5) is 10.4. The molecule has 0 bridgehead atoms. The molecule has 22 heavy (non-hydrogen) atoms. The molecule has 0 amide bonds. The highest BCUT2D eigenvalue weighted by Crippen LogP contribution is 2.11. The fourth-order valence-electron chi connectivity index (χ4n) is 1.92. The standard InChI is InChI=1S/C17H18N2O2S/c1-18-16-6-4-14(5-7-16)2-3-15-8-10-19(11-9-15)12-13-22-17(20)21/h2-11H,12-13H2,1H3,(H,20,21)/p+1. The smallest absolute Gasteiger partial charge is 0.365 e. The third kappa shape index (κ3) is 5.26. The second-order valence-electron chi connectivity index (χ2n) is 4.69. The van der Waals surface area contributed by atoms with E-state index in [4.69, 9.17) is 5.11 Å². The topological polar surface area (TPSA) is 53.2 Å². The third-order valence-electron chi connectivity index (χ3n) is 3.16. The Bertz CT molecular complexity index is 637. The number of carbonyl (C=O) groups is 1. The van der Waals surface area contributed by atoms with Gasteiger partial charge in [-0.1, -0.05) is 24.3 Å². The molecule has 2 aromatic rings. The van der Waals surface area contributed by atoms with E-state index in [0.717, 1.165) is 28.6 Å². The molecular formula is C17H19N2O2S+. The van der Waals surface area contributed by atoms with Gasteiger partial charge in [-0.15, -0.1) is 0 Å². The zero-order valence-electron chi connectivity index (χ0n) is 12.4. The summed E-state index contributed by atoms with van der Waals surface area (Å²) in [7, 11) is 1.90. The Morgan fingerprint density at radius 3 is 2.27 bits per heavy atom. The number of aryl methyl sites for hydroxylation is 1. The van der Waals surface area contributed by atoms with Gasteiger partial charge in [0.05, 0.1) is 5.75 Å². The van der Waals surface area contributed by atoms with Gasteiger partial charge in [0.2, 0.25) is 0 Å². The lowest BCUT2D eigenvalue weighted by atomic mass is 10.1. The Morgan fingerprint density at radius 2 is 1.73 bits per heavy atom. The van der Waals surface area contributed by atoms with Crippen LogP contribution in [-0.2, 0) is 6.54 Å². The van der Waals surface area contributed by atoms with Crippen molar-refractivity contribution in [2.75, 3.05) is 18.1 Å². The molecule has 5 heteroatoms. The van der Waals surface area contributed by atoms with Crippen LogP contribution in [0, 0.1) is 0 Å². The normalized spacial score (nSPS) is 10.8. The first-order valence-corrected chi connectivity index (χ1v) is 7.96. The van der Waals surface area contributed by atoms with Gasteiger partial charge in [0, 0.05) is 24.9 Å². The average Bonchev–Trinajstić information content (AvgIpc) is 2.54. The van der Waals surface area contributed by atoms with Crippen LogP contribution in [0.3, 0.4) is 0 Å². The second kappa shape index (κ2) is 8.24. The number of thioether (sulfide) groups is 1. The third-order valence-corrected chi connectivity index (χ3v) is 3.79. The number of hydrogen-bond acceptors (Lipinski definition) is 3. The highest BCUT2D eigenvalue weighted by atomic mass is 32.2. The van der Waals surface area contributed by atoms with Gasteiger partial charge in [-0.3, -0.25) is 0 Å². The van der Waals surface area contributed by atoms with Crippen LogP contribution in [0.25, 0.3) is 12.2 Å². The van der Waals surface area contributed by atoms with E-state index in [1.807, 2.05) is 48.3 Å². The van der Waals surface area contributed by atoms with Crippen molar-refractivity contribution in [2.24, 2.45) is 0 Å². The molecule has 0 fully saturated rings. The molecule has 1 aromatic carbocycles. The van der Waals surface area contributed by atoms with Gasteiger partial charge < -0.3 is 10.4 Å². The molecule has 114 valence electrons. The number of nitrogens with zero attached hydrogens (tertiary/aromatic N) is 1. The minimum atomic E-state index is -0.829. The maximum Gasteiger partial charge on any atom is 0.365 e. The summed E-state index contributed by atoms with van der Waals surface area (Å²) in [6.07, 6.45) is 8.06. The molecular weight excluding hydrogens is 296 g/mol. The molecule has 0 aliphatic heterocycles. The van der Waals surface area contributed by atoms with Crippen molar-refractivity contribution in [3.05, 3.63) is 59.9 Å². The van der Waals surface area contributed by atoms with Crippen molar-refractivity contribution in [1.29, 1.82) is 0 Å². The zero-order chi connectivity index (χ0) is 15.8. The fourth-order valence-corrected chi connectivity index (χ4v) is 2.40. The number of hydrogen-bond donors (Lipinski definition) is 2. The van der Waals surface area contributed by atoms with Gasteiger partial charge >= 0.3 is 5.30 Å². The second-order valence-corrected chi connectivity index (χ2v) is 5.74. The molecule has 2 N–H and O–H groups in total. The monoisotopic (exact) mass is 315 g/mol. The number of benzene rings is 1. The van der Waals surface area contributed by atoms with Crippen LogP contribution in [0.2, 0.25) is 0 Å². The van der Waals surface area contributed by atoms with E-state index in [-0.39, 0.29) is 0 Å². The van der Waals surface area contributed by atoms with Crippen molar-refractivity contribution in [1.82, 2.24) is 0 Å². The molecule has 4 nitrogen and oxygen atoms in total. The van der Waals surface area contributed by atoms with E-state index in [0.29, 0.717) is 12.3 Å². The van der Waals surface area contributed by atoms with Crippen LogP contribution < -0.4 is 9.88 Å². The first-order valence-electron chi connectivity index (χ1n) is 6.98. The summed E-state index contributed by atoms with van der Waals surface area (Å²) in [6, 6.07) is 12.2. The van der Waals surface area contributed by atoms with Crippen molar-refractivity contribution in [2.45, 2.75) is 6.54 Å². The highest BCUT2D eigenvalue weighted by Gasteiger charge is 2.03. The Morgan fingerprint density at radius 1 is 1.14 bits per heavy atom. The van der Waals surface area contributed by atoms with Crippen LogP contribution in [0.1, 0.15) is 11.1 Å². The average molecular weight is 315 g/mol. The molecule has 0 spiro atoms. The van der Waals surface area contributed by atoms with Gasteiger partial charge in [-0.2, -0.15) is 0 Å². The number of anilines is 1. The van der Waals surface area contributed by atoms with E-state index in [1.165, 1.54) is 0 Å². The summed E-state index contributed by atoms with van der Waals surface area (Å²) < 4.78 is 1.98. The van der Waals surface area contributed by atoms with Gasteiger partial charge in [0.1, 0.15) is 0 Å². The van der Waals surface area contributed by atoms with Gasteiger partial charge in [0.25, 0.3) is 0 Å². The summed E-state index contributed by atoms with van der Waals surface area (Å²) in [6.45, 7) is 0.687. The first kappa shape index (κ1) is 16.1. The van der Waals surface area contributed by atoms with Crippen LogP contribution in [0.15, 0.2) is 48.8 Å². The summed E-state index contributed by atoms with van der Waals surface area (Å²) in [5.74, 6) is 0.562. The fraction of sp³-hybridized carbons (Fsp3) is 0.176. The number of rotatable bonds is 6. The molecule has 0 atom stereocenters. The Labute approximate surface area is 134 Å². The molecule has 0 radical (unpaired) electrons. The Hall–Kier alpha value is -2.27. The van der Waals surface area contributed by atoms with E-state index in [1.54, 1.807) is 0 Å². The van der Waals surface area contributed by atoms with E-state index < -0.39 is 5.30 Å². The molecule has 0 saturated heterocycles. The minimum Gasteiger partial charge on any atom is -0.473 e. The lowest BCUT2D eigenvalue weighted by Gasteiger charge is -1.99. The van der Waals surface area contributed by atoms with E-state index >= 15 is 0 Å². The molecule has 0 unspecified atom stereocenters. The lowest BCUT2D eigenvalue weighted by molar-refractivity contribution is -0.692. The predicted molar refractivity (Wildman–Crippen MR) is 92.0 cm³/mol. The SMILES string of the molecule is CNc1ccc(/C=C/c2cc[n+](CCSC(=O)O)cc2)cc1. The maximum absolute atomic E-state index is 10.4. The van der Waals surface area contributed by atoms with Crippen molar-refractivity contribution < 1.29 is 14.5 Å².